The van der Waals surface area contributed by atoms with Crippen molar-refractivity contribution in [1.82, 2.24) is 5.32 Å². The Morgan fingerprint density at radius 3 is 2.84 bits per heavy atom. The minimum atomic E-state index is -4.28. The highest BCUT2D eigenvalue weighted by molar-refractivity contribution is 5.27. The number of alkyl halides is 3. The maximum absolute atomic E-state index is 12.6. The van der Waals surface area contributed by atoms with Crippen LogP contribution in [0.5, 0.6) is 0 Å². The summed E-state index contributed by atoms with van der Waals surface area (Å²) >= 11 is 0. The summed E-state index contributed by atoms with van der Waals surface area (Å²) in [5, 5.41) is 3.27. The number of rotatable bonds is 4. The molecule has 1 heterocycles. The normalized spacial score (nSPS) is 21.6. The first-order valence-electron chi connectivity index (χ1n) is 6.45. The van der Waals surface area contributed by atoms with Crippen molar-refractivity contribution in [3.05, 3.63) is 35.4 Å². The molecule has 5 heteroatoms. The third-order valence-electron chi connectivity index (χ3n) is 3.45. The zero-order chi connectivity index (χ0) is 13.9. The molecule has 1 aliphatic heterocycles. The molecule has 0 spiro atoms. The summed E-state index contributed by atoms with van der Waals surface area (Å²) in [6.07, 6.45) is -3.27. The number of hydrogen-bond donors (Lipinski definition) is 1. The Labute approximate surface area is 111 Å². The first-order valence-corrected chi connectivity index (χ1v) is 6.45. The first-order chi connectivity index (χ1) is 8.97. The lowest BCUT2D eigenvalue weighted by atomic mass is 10.0. The smallest absolute Gasteiger partial charge is 0.381 e. The van der Waals surface area contributed by atoms with Gasteiger partial charge in [0, 0.05) is 19.2 Å². The Morgan fingerprint density at radius 1 is 1.42 bits per heavy atom. The van der Waals surface area contributed by atoms with Crippen molar-refractivity contribution in [3.63, 3.8) is 0 Å². The highest BCUT2D eigenvalue weighted by atomic mass is 19.4. The molecule has 0 aromatic heterocycles. The van der Waals surface area contributed by atoms with E-state index in [4.69, 9.17) is 4.74 Å². The monoisotopic (exact) mass is 273 g/mol. The molecule has 1 aliphatic rings. The lowest BCUT2D eigenvalue weighted by Crippen LogP contribution is -2.26. The predicted octanol–water partition coefficient (Wildman–Crippen LogP) is 3.39. The first kappa shape index (κ1) is 14.3. The lowest BCUT2D eigenvalue weighted by Gasteiger charge is -2.18. The van der Waals surface area contributed by atoms with Gasteiger partial charge in [-0.2, -0.15) is 13.2 Å². The minimum absolute atomic E-state index is 0.0945. The zero-order valence-electron chi connectivity index (χ0n) is 10.8. The molecule has 0 amide bonds. The van der Waals surface area contributed by atoms with Crippen LogP contribution in [0.1, 0.15) is 30.5 Å². The molecule has 1 aromatic carbocycles. The van der Waals surface area contributed by atoms with Crippen LogP contribution in [-0.2, 0) is 10.9 Å². The maximum Gasteiger partial charge on any atom is 0.416 e. The van der Waals surface area contributed by atoms with E-state index in [1.807, 2.05) is 6.92 Å². The van der Waals surface area contributed by atoms with Gasteiger partial charge in [-0.3, -0.25) is 0 Å². The summed E-state index contributed by atoms with van der Waals surface area (Å²) in [5.41, 5.74) is 0.0663. The van der Waals surface area contributed by atoms with Gasteiger partial charge in [0.05, 0.1) is 12.2 Å². The highest BCUT2D eigenvalue weighted by Crippen LogP contribution is 2.30. The van der Waals surface area contributed by atoms with Crippen molar-refractivity contribution in [2.75, 3.05) is 19.8 Å². The molecular formula is C14H18F3NO. The summed E-state index contributed by atoms with van der Waals surface area (Å²) in [4.78, 5) is 0. The maximum atomic E-state index is 12.6. The average Bonchev–Trinajstić information content (AvgIpc) is 2.88. The van der Waals surface area contributed by atoms with E-state index in [-0.39, 0.29) is 6.04 Å². The van der Waals surface area contributed by atoms with Crippen LogP contribution in [0.2, 0.25) is 0 Å². The van der Waals surface area contributed by atoms with Crippen molar-refractivity contribution in [1.29, 1.82) is 0 Å². The van der Waals surface area contributed by atoms with E-state index in [2.05, 4.69) is 5.32 Å². The summed E-state index contributed by atoms with van der Waals surface area (Å²) in [6.45, 7) is 4.18. The predicted molar refractivity (Wildman–Crippen MR) is 66.8 cm³/mol. The molecule has 106 valence electrons. The van der Waals surface area contributed by atoms with Gasteiger partial charge in [-0.1, -0.05) is 12.1 Å². The second kappa shape index (κ2) is 5.92. The van der Waals surface area contributed by atoms with Crippen LogP contribution in [0.3, 0.4) is 0 Å². The van der Waals surface area contributed by atoms with Crippen molar-refractivity contribution in [2.45, 2.75) is 25.6 Å². The van der Waals surface area contributed by atoms with Crippen LogP contribution < -0.4 is 5.32 Å². The van der Waals surface area contributed by atoms with Crippen molar-refractivity contribution >= 4 is 0 Å². The Balaban J connectivity index is 1.96. The van der Waals surface area contributed by atoms with Crippen LogP contribution >= 0.6 is 0 Å². The van der Waals surface area contributed by atoms with Gasteiger partial charge < -0.3 is 10.1 Å². The highest BCUT2D eigenvalue weighted by Gasteiger charge is 2.30. The van der Waals surface area contributed by atoms with E-state index >= 15 is 0 Å². The van der Waals surface area contributed by atoms with E-state index in [1.54, 1.807) is 6.07 Å². The Bertz CT molecular complexity index is 413. The number of halogens is 3. The minimum Gasteiger partial charge on any atom is -0.381 e. The molecule has 19 heavy (non-hydrogen) atoms. The summed E-state index contributed by atoms with van der Waals surface area (Å²) in [7, 11) is 0. The van der Waals surface area contributed by atoms with E-state index in [9.17, 15) is 13.2 Å². The standard InChI is InChI=1S/C14H18F3NO/c1-10(18-8-11-5-6-19-9-11)12-3-2-4-13(7-12)14(15,16)17/h2-4,7,10-11,18H,5-6,8-9H2,1H3. The van der Waals surface area contributed by atoms with Gasteiger partial charge in [0.2, 0.25) is 0 Å². The van der Waals surface area contributed by atoms with Gasteiger partial charge in [-0.25, -0.2) is 0 Å². The molecular weight excluding hydrogens is 255 g/mol. The molecule has 0 saturated carbocycles. The number of nitrogens with one attached hydrogen (secondary N) is 1. The van der Waals surface area contributed by atoms with E-state index in [0.717, 1.165) is 32.2 Å². The quantitative estimate of drug-likeness (QED) is 0.908. The second-order valence-electron chi connectivity index (χ2n) is 4.98. The van der Waals surface area contributed by atoms with Crippen LogP contribution in [-0.4, -0.2) is 19.8 Å². The molecule has 1 aromatic rings. The van der Waals surface area contributed by atoms with Crippen LogP contribution in [0.15, 0.2) is 24.3 Å². The van der Waals surface area contributed by atoms with Gasteiger partial charge in [-0.15, -0.1) is 0 Å². The van der Waals surface area contributed by atoms with Crippen LogP contribution in [0.25, 0.3) is 0 Å². The SMILES string of the molecule is CC(NCC1CCOC1)c1cccc(C(F)(F)F)c1. The van der Waals surface area contributed by atoms with E-state index in [0.29, 0.717) is 11.5 Å². The summed E-state index contributed by atoms with van der Waals surface area (Å²) in [5.74, 6) is 0.466. The lowest BCUT2D eigenvalue weighted by molar-refractivity contribution is -0.137. The third kappa shape index (κ3) is 3.94. The van der Waals surface area contributed by atoms with Gasteiger partial charge in [-0.05, 0) is 37.0 Å². The van der Waals surface area contributed by atoms with Crippen molar-refractivity contribution < 1.29 is 17.9 Å². The Kier molecular flexibility index (Phi) is 4.47. The largest absolute Gasteiger partial charge is 0.416 e. The van der Waals surface area contributed by atoms with Crippen LogP contribution in [0, 0.1) is 5.92 Å². The molecule has 2 atom stereocenters. The molecule has 1 saturated heterocycles. The molecule has 2 unspecified atom stereocenters. The topological polar surface area (TPSA) is 21.3 Å². The fraction of sp³-hybridized carbons (Fsp3) is 0.571. The van der Waals surface area contributed by atoms with E-state index < -0.39 is 11.7 Å². The number of hydrogen-bond acceptors (Lipinski definition) is 2. The molecule has 2 rings (SSSR count). The molecule has 0 radical (unpaired) electrons. The number of benzene rings is 1. The molecule has 1 N–H and O–H groups in total. The average molecular weight is 273 g/mol. The summed E-state index contributed by atoms with van der Waals surface area (Å²) < 4.78 is 43.1. The molecule has 2 nitrogen and oxygen atoms in total. The third-order valence-corrected chi connectivity index (χ3v) is 3.45. The van der Waals surface area contributed by atoms with E-state index in [1.165, 1.54) is 12.1 Å². The number of ether oxygens (including phenoxy) is 1. The Hall–Kier alpha value is -1.07. The van der Waals surface area contributed by atoms with Gasteiger partial charge >= 0.3 is 6.18 Å². The van der Waals surface area contributed by atoms with Crippen LogP contribution in [0.4, 0.5) is 13.2 Å². The molecule has 0 aliphatic carbocycles. The van der Waals surface area contributed by atoms with Gasteiger partial charge in [0.25, 0.3) is 0 Å². The van der Waals surface area contributed by atoms with Gasteiger partial charge in [0.1, 0.15) is 0 Å². The summed E-state index contributed by atoms with van der Waals surface area (Å²) in [6, 6.07) is 5.39. The second-order valence-corrected chi connectivity index (χ2v) is 4.98. The molecule has 0 bridgehead atoms. The fourth-order valence-corrected chi connectivity index (χ4v) is 2.19. The zero-order valence-corrected chi connectivity index (χ0v) is 10.8. The Morgan fingerprint density at radius 2 is 2.21 bits per heavy atom. The van der Waals surface area contributed by atoms with Crippen molar-refractivity contribution in [2.24, 2.45) is 5.92 Å². The molecule has 1 fully saturated rings. The van der Waals surface area contributed by atoms with Crippen molar-refractivity contribution in [3.8, 4) is 0 Å². The van der Waals surface area contributed by atoms with Gasteiger partial charge in [0.15, 0.2) is 0 Å². The fourth-order valence-electron chi connectivity index (χ4n) is 2.19.